The zero-order valence-electron chi connectivity index (χ0n) is 17.8. The van der Waals surface area contributed by atoms with E-state index in [2.05, 4.69) is 0 Å². The minimum absolute atomic E-state index is 0.150. The third-order valence-corrected chi connectivity index (χ3v) is 5.95. The molecule has 0 aromatic heterocycles. The third kappa shape index (κ3) is 4.37. The monoisotopic (exact) mass is 440 g/mol. The van der Waals surface area contributed by atoms with Gasteiger partial charge in [0.25, 0.3) is 5.91 Å². The number of rotatable bonds is 6. The van der Waals surface area contributed by atoms with E-state index in [0.29, 0.717) is 31.1 Å². The summed E-state index contributed by atoms with van der Waals surface area (Å²) in [5, 5.41) is 13.3. The highest BCUT2D eigenvalue weighted by Gasteiger charge is 2.44. The topological polar surface area (TPSA) is 83.3 Å². The number of morpholine rings is 1. The average Bonchev–Trinajstić information content (AvgIpc) is 3.08. The summed E-state index contributed by atoms with van der Waals surface area (Å²) in [5.41, 5.74) is 0.518. The maximum absolute atomic E-state index is 14.0. The summed E-state index contributed by atoms with van der Waals surface area (Å²) in [4.78, 5) is 28.6. The Balaban J connectivity index is 1.73. The molecule has 32 heavy (non-hydrogen) atoms. The fraction of sp³-hybridized carbons (Fsp3) is 0.333. The first-order valence-corrected chi connectivity index (χ1v) is 10.6. The van der Waals surface area contributed by atoms with Crippen molar-refractivity contribution in [2.75, 3.05) is 46.5 Å². The number of benzene rings is 2. The third-order valence-electron chi connectivity index (χ3n) is 5.95. The van der Waals surface area contributed by atoms with Gasteiger partial charge in [-0.1, -0.05) is 30.0 Å². The van der Waals surface area contributed by atoms with Crippen LogP contribution in [-0.2, 0) is 14.3 Å². The Morgan fingerprint density at radius 2 is 1.91 bits per heavy atom. The van der Waals surface area contributed by atoms with Crippen molar-refractivity contribution in [3.8, 4) is 5.75 Å². The van der Waals surface area contributed by atoms with Crippen LogP contribution in [0.1, 0.15) is 17.2 Å². The number of quaternary nitrogens is 1. The van der Waals surface area contributed by atoms with Gasteiger partial charge in [-0.05, 0) is 35.4 Å². The van der Waals surface area contributed by atoms with E-state index in [4.69, 9.17) is 9.47 Å². The fourth-order valence-electron chi connectivity index (χ4n) is 4.21. The van der Waals surface area contributed by atoms with Crippen molar-refractivity contribution in [3.05, 3.63) is 71.0 Å². The lowest BCUT2D eigenvalue weighted by molar-refractivity contribution is -0.907. The standard InChI is InChI=1S/C24H25FN2O5/c1-31-19-7-5-16(6-8-19)22(28)20-21(17-3-2-4-18(25)15-17)27(24(30)23(20)29)10-9-26-11-13-32-14-12-26/h2-8,15,21,28H,9-14H2,1H3/b22-20+. The quantitative estimate of drug-likeness (QED) is 0.388. The lowest BCUT2D eigenvalue weighted by Gasteiger charge is -2.30. The van der Waals surface area contributed by atoms with E-state index in [1.165, 1.54) is 35.1 Å². The number of nitrogens with one attached hydrogen (secondary N) is 1. The van der Waals surface area contributed by atoms with Crippen LogP contribution >= 0.6 is 0 Å². The van der Waals surface area contributed by atoms with E-state index in [0.717, 1.165) is 13.1 Å². The van der Waals surface area contributed by atoms with E-state index in [1.54, 1.807) is 30.3 Å². The Labute approximate surface area is 185 Å². The van der Waals surface area contributed by atoms with Gasteiger partial charge in [-0.3, -0.25) is 9.59 Å². The van der Waals surface area contributed by atoms with Crippen LogP contribution in [0.5, 0.6) is 5.75 Å². The molecule has 8 heteroatoms. The molecule has 2 aromatic rings. The Morgan fingerprint density at radius 3 is 2.56 bits per heavy atom. The SMILES string of the molecule is COc1ccc(/C([O-])=C2\C(=O)C(=O)N(CC[NH+]3CCOCC3)C2c2cccc(F)c2)cc1. The molecule has 2 aliphatic heterocycles. The highest BCUT2D eigenvalue weighted by Crippen LogP contribution is 2.38. The van der Waals surface area contributed by atoms with E-state index >= 15 is 0 Å². The Bertz CT molecular complexity index is 1030. The summed E-state index contributed by atoms with van der Waals surface area (Å²) in [5.74, 6) is -2.04. The minimum atomic E-state index is -0.930. The second-order valence-electron chi connectivity index (χ2n) is 7.87. The summed E-state index contributed by atoms with van der Waals surface area (Å²) in [6.45, 7) is 3.79. The van der Waals surface area contributed by atoms with Crippen molar-refractivity contribution in [2.45, 2.75) is 6.04 Å². The van der Waals surface area contributed by atoms with Crippen LogP contribution in [0, 0.1) is 5.82 Å². The summed E-state index contributed by atoms with van der Waals surface area (Å²) in [6.07, 6.45) is 0. The molecule has 0 aliphatic carbocycles. The molecule has 1 N–H and O–H groups in total. The smallest absolute Gasteiger partial charge is 0.295 e. The molecule has 2 heterocycles. The van der Waals surface area contributed by atoms with Gasteiger partial charge in [-0.25, -0.2) is 4.39 Å². The minimum Gasteiger partial charge on any atom is -0.872 e. The van der Waals surface area contributed by atoms with Gasteiger partial charge in [0.15, 0.2) is 0 Å². The maximum atomic E-state index is 14.0. The molecule has 1 atom stereocenters. The Morgan fingerprint density at radius 1 is 1.19 bits per heavy atom. The van der Waals surface area contributed by atoms with E-state index < -0.39 is 29.3 Å². The van der Waals surface area contributed by atoms with Gasteiger partial charge in [0.2, 0.25) is 5.78 Å². The molecule has 2 aliphatic rings. The molecule has 1 unspecified atom stereocenters. The average molecular weight is 440 g/mol. The van der Waals surface area contributed by atoms with Gasteiger partial charge in [0, 0.05) is 5.57 Å². The molecule has 1 amide bonds. The number of methoxy groups -OCH3 is 1. The Kier molecular flexibility index (Phi) is 6.53. The van der Waals surface area contributed by atoms with Gasteiger partial charge in [-0.2, -0.15) is 0 Å². The molecular formula is C24H25FN2O5. The van der Waals surface area contributed by atoms with Crippen molar-refractivity contribution >= 4 is 17.4 Å². The van der Waals surface area contributed by atoms with Crippen LogP contribution < -0.4 is 14.7 Å². The number of carbonyl (C=O) groups excluding carboxylic acids is 2. The van der Waals surface area contributed by atoms with Crippen molar-refractivity contribution < 1.29 is 33.5 Å². The zero-order valence-corrected chi connectivity index (χ0v) is 17.8. The van der Waals surface area contributed by atoms with Crippen LogP contribution in [-0.4, -0.2) is 63.1 Å². The lowest BCUT2D eigenvalue weighted by atomic mass is 9.95. The number of carbonyl (C=O) groups is 2. The van der Waals surface area contributed by atoms with Gasteiger partial charge >= 0.3 is 0 Å². The highest BCUT2D eigenvalue weighted by atomic mass is 19.1. The molecule has 0 bridgehead atoms. The van der Waals surface area contributed by atoms with Crippen molar-refractivity contribution in [2.24, 2.45) is 0 Å². The maximum Gasteiger partial charge on any atom is 0.295 e. The van der Waals surface area contributed by atoms with E-state index in [1.807, 2.05) is 0 Å². The molecule has 0 spiro atoms. The van der Waals surface area contributed by atoms with Crippen molar-refractivity contribution in [1.82, 2.24) is 4.90 Å². The molecule has 7 nitrogen and oxygen atoms in total. The molecule has 2 aromatic carbocycles. The fourth-order valence-corrected chi connectivity index (χ4v) is 4.21. The number of hydrogen-bond acceptors (Lipinski definition) is 5. The molecule has 4 rings (SSSR count). The highest BCUT2D eigenvalue weighted by molar-refractivity contribution is 6.46. The van der Waals surface area contributed by atoms with Crippen molar-refractivity contribution in [3.63, 3.8) is 0 Å². The first-order valence-electron chi connectivity index (χ1n) is 10.6. The summed E-state index contributed by atoms with van der Waals surface area (Å²) in [6, 6.07) is 11.1. The van der Waals surface area contributed by atoms with Gasteiger partial charge in [-0.15, -0.1) is 0 Å². The van der Waals surface area contributed by atoms with Crippen LogP contribution in [0.15, 0.2) is 54.1 Å². The number of amides is 1. The number of likely N-dealkylation sites (tertiary alicyclic amines) is 1. The van der Waals surface area contributed by atoms with Gasteiger partial charge in [0.05, 0.1) is 39.5 Å². The number of ketones is 1. The van der Waals surface area contributed by atoms with Gasteiger partial charge < -0.3 is 24.4 Å². The van der Waals surface area contributed by atoms with E-state index in [-0.39, 0.29) is 17.7 Å². The number of hydrogen-bond donors (Lipinski definition) is 1. The zero-order chi connectivity index (χ0) is 22.7. The van der Waals surface area contributed by atoms with Crippen molar-refractivity contribution in [1.29, 1.82) is 0 Å². The second kappa shape index (κ2) is 9.50. The first-order chi connectivity index (χ1) is 15.5. The largest absolute Gasteiger partial charge is 0.872 e. The summed E-state index contributed by atoms with van der Waals surface area (Å²) >= 11 is 0. The number of Topliss-reactive ketones (excluding diaryl/α,β-unsaturated/α-hetero) is 1. The molecule has 0 saturated carbocycles. The number of nitrogens with zero attached hydrogens (tertiary/aromatic N) is 1. The summed E-state index contributed by atoms with van der Waals surface area (Å²) < 4.78 is 24.5. The molecule has 2 saturated heterocycles. The Hall–Kier alpha value is -3.23. The molecule has 168 valence electrons. The number of ether oxygens (including phenoxy) is 2. The predicted molar refractivity (Wildman–Crippen MR) is 112 cm³/mol. The van der Waals surface area contributed by atoms with Crippen LogP contribution in [0.25, 0.3) is 5.76 Å². The molecule has 0 radical (unpaired) electrons. The molecule has 2 fully saturated rings. The van der Waals surface area contributed by atoms with Crippen LogP contribution in [0.3, 0.4) is 0 Å². The first kappa shape index (κ1) is 22.0. The number of halogens is 1. The predicted octanol–water partition coefficient (Wildman–Crippen LogP) is -0.0266. The van der Waals surface area contributed by atoms with Gasteiger partial charge in [0.1, 0.15) is 24.7 Å². The normalized spacial score (nSPS) is 21.2. The molecular weight excluding hydrogens is 415 g/mol. The lowest BCUT2D eigenvalue weighted by Crippen LogP contribution is -3.14. The van der Waals surface area contributed by atoms with Crippen LogP contribution in [0.4, 0.5) is 4.39 Å². The second-order valence-corrected chi connectivity index (χ2v) is 7.87. The van der Waals surface area contributed by atoms with E-state index in [9.17, 15) is 19.1 Å². The summed E-state index contributed by atoms with van der Waals surface area (Å²) in [7, 11) is 1.51. The van der Waals surface area contributed by atoms with Crippen LogP contribution in [0.2, 0.25) is 0 Å².